The first-order chi connectivity index (χ1) is 7.57. The van der Waals surface area contributed by atoms with Crippen LogP contribution in [0.2, 0.25) is 0 Å². The van der Waals surface area contributed by atoms with Crippen LogP contribution < -0.4 is 5.32 Å². The van der Waals surface area contributed by atoms with Crippen LogP contribution in [-0.2, 0) is 12.0 Å². The lowest BCUT2D eigenvalue weighted by Crippen LogP contribution is -2.39. The number of aryl methyl sites for hydroxylation is 2. The molecule has 0 fully saturated rings. The zero-order valence-electron chi connectivity index (χ0n) is 11.2. The molecule has 92 valence electrons. The lowest BCUT2D eigenvalue weighted by Gasteiger charge is -2.27. The Morgan fingerprint density at radius 1 is 1.31 bits per heavy atom. The van der Waals surface area contributed by atoms with Crippen molar-refractivity contribution in [2.24, 2.45) is 0 Å². The Kier molecular flexibility index (Phi) is 4.93. The second kappa shape index (κ2) is 5.78. The lowest BCUT2D eigenvalue weighted by molar-refractivity contribution is 0.352. The van der Waals surface area contributed by atoms with Crippen LogP contribution in [0.4, 0.5) is 0 Å². The molecular weight excluding hydrogens is 216 g/mol. The van der Waals surface area contributed by atoms with E-state index in [0.29, 0.717) is 0 Å². The number of thiazole rings is 1. The van der Waals surface area contributed by atoms with Gasteiger partial charge in [-0.15, -0.1) is 11.3 Å². The molecule has 16 heavy (non-hydrogen) atoms. The molecule has 0 aliphatic heterocycles. The van der Waals surface area contributed by atoms with Gasteiger partial charge in [0.2, 0.25) is 0 Å². The van der Waals surface area contributed by atoms with Gasteiger partial charge in [-0.05, 0) is 39.7 Å². The average Bonchev–Trinajstić information content (AvgIpc) is 2.68. The largest absolute Gasteiger partial charge is 0.306 e. The standard InChI is InChI=1S/C13H24N2S/c1-6-9-14-13(5,8-3)12-15-11(7-2)10(4)16-12/h14H,6-9H2,1-5H3. The summed E-state index contributed by atoms with van der Waals surface area (Å²) in [5.74, 6) is 0. The van der Waals surface area contributed by atoms with Gasteiger partial charge in [-0.2, -0.15) is 0 Å². The Morgan fingerprint density at radius 3 is 2.44 bits per heavy atom. The van der Waals surface area contributed by atoms with Crippen molar-refractivity contribution in [1.29, 1.82) is 0 Å². The molecule has 0 aromatic carbocycles. The van der Waals surface area contributed by atoms with Gasteiger partial charge in [0.1, 0.15) is 5.01 Å². The third-order valence-electron chi connectivity index (χ3n) is 3.17. The molecule has 0 aliphatic rings. The van der Waals surface area contributed by atoms with Crippen LogP contribution in [0.3, 0.4) is 0 Å². The summed E-state index contributed by atoms with van der Waals surface area (Å²) in [6.07, 6.45) is 3.29. The first-order valence-electron chi connectivity index (χ1n) is 6.29. The monoisotopic (exact) mass is 240 g/mol. The molecule has 1 atom stereocenters. The average molecular weight is 240 g/mol. The smallest absolute Gasteiger partial charge is 0.113 e. The van der Waals surface area contributed by atoms with Crippen LogP contribution in [0.1, 0.15) is 56.1 Å². The molecule has 0 spiro atoms. The minimum Gasteiger partial charge on any atom is -0.306 e. The highest BCUT2D eigenvalue weighted by Gasteiger charge is 2.27. The highest BCUT2D eigenvalue weighted by atomic mass is 32.1. The zero-order valence-corrected chi connectivity index (χ0v) is 12.0. The highest BCUT2D eigenvalue weighted by Crippen LogP contribution is 2.30. The van der Waals surface area contributed by atoms with Gasteiger partial charge in [-0.1, -0.05) is 20.8 Å². The Labute approximate surface area is 103 Å². The van der Waals surface area contributed by atoms with Crippen molar-refractivity contribution in [2.75, 3.05) is 6.54 Å². The molecule has 0 radical (unpaired) electrons. The Bertz CT molecular complexity index is 333. The van der Waals surface area contributed by atoms with Crippen molar-refractivity contribution < 1.29 is 0 Å². The number of nitrogens with zero attached hydrogens (tertiary/aromatic N) is 1. The van der Waals surface area contributed by atoms with E-state index >= 15 is 0 Å². The molecule has 2 nitrogen and oxygen atoms in total. The Morgan fingerprint density at radius 2 is 2.00 bits per heavy atom. The molecule has 1 N–H and O–H groups in total. The maximum absolute atomic E-state index is 4.78. The van der Waals surface area contributed by atoms with E-state index in [-0.39, 0.29) is 5.54 Å². The van der Waals surface area contributed by atoms with Crippen LogP contribution in [0.25, 0.3) is 0 Å². The van der Waals surface area contributed by atoms with E-state index in [1.54, 1.807) is 0 Å². The van der Waals surface area contributed by atoms with Crippen molar-refractivity contribution in [2.45, 2.75) is 59.4 Å². The van der Waals surface area contributed by atoms with Crippen molar-refractivity contribution in [3.63, 3.8) is 0 Å². The summed E-state index contributed by atoms with van der Waals surface area (Å²) in [6.45, 7) is 12.1. The minimum absolute atomic E-state index is 0.0544. The van der Waals surface area contributed by atoms with E-state index < -0.39 is 0 Å². The van der Waals surface area contributed by atoms with E-state index in [9.17, 15) is 0 Å². The first kappa shape index (κ1) is 13.7. The quantitative estimate of drug-likeness (QED) is 0.821. The fourth-order valence-electron chi connectivity index (χ4n) is 1.74. The second-order valence-electron chi connectivity index (χ2n) is 4.49. The number of rotatable bonds is 6. The normalized spacial score (nSPS) is 15.1. The van der Waals surface area contributed by atoms with Gasteiger partial charge in [0, 0.05) is 4.88 Å². The molecule has 0 amide bonds. The van der Waals surface area contributed by atoms with E-state index in [0.717, 1.165) is 19.4 Å². The Balaban J connectivity index is 2.93. The third-order valence-corrected chi connectivity index (χ3v) is 4.45. The van der Waals surface area contributed by atoms with E-state index in [1.807, 2.05) is 11.3 Å². The van der Waals surface area contributed by atoms with Crippen LogP contribution in [0, 0.1) is 6.92 Å². The maximum atomic E-state index is 4.78. The summed E-state index contributed by atoms with van der Waals surface area (Å²) in [7, 11) is 0. The Hall–Kier alpha value is -0.410. The highest BCUT2D eigenvalue weighted by molar-refractivity contribution is 7.11. The van der Waals surface area contributed by atoms with Crippen molar-refractivity contribution >= 4 is 11.3 Å². The predicted octanol–water partition coefficient (Wildman–Crippen LogP) is 3.64. The number of aromatic nitrogens is 1. The van der Waals surface area contributed by atoms with E-state index in [1.165, 1.54) is 22.0 Å². The molecule has 1 aromatic heterocycles. The van der Waals surface area contributed by atoms with Gasteiger partial charge < -0.3 is 5.32 Å². The van der Waals surface area contributed by atoms with Crippen LogP contribution >= 0.6 is 11.3 Å². The number of nitrogens with one attached hydrogen (secondary N) is 1. The molecule has 1 aromatic rings. The van der Waals surface area contributed by atoms with Gasteiger partial charge in [0.25, 0.3) is 0 Å². The second-order valence-corrected chi connectivity index (χ2v) is 5.69. The fraction of sp³-hybridized carbons (Fsp3) is 0.769. The molecule has 1 rings (SSSR count). The summed E-state index contributed by atoms with van der Waals surface area (Å²) < 4.78 is 0. The van der Waals surface area contributed by atoms with Crippen molar-refractivity contribution in [3.05, 3.63) is 15.6 Å². The van der Waals surface area contributed by atoms with Gasteiger partial charge in [-0.25, -0.2) is 4.98 Å². The molecule has 0 saturated heterocycles. The summed E-state index contributed by atoms with van der Waals surface area (Å²) >= 11 is 1.85. The molecule has 0 saturated carbocycles. The molecular formula is C13H24N2S. The fourth-order valence-corrected chi connectivity index (χ4v) is 2.94. The molecule has 0 aliphatic carbocycles. The number of hydrogen-bond acceptors (Lipinski definition) is 3. The zero-order chi connectivity index (χ0) is 12.2. The third kappa shape index (κ3) is 2.83. The molecule has 0 bridgehead atoms. The van der Waals surface area contributed by atoms with E-state index in [4.69, 9.17) is 4.98 Å². The van der Waals surface area contributed by atoms with Gasteiger partial charge in [-0.3, -0.25) is 0 Å². The van der Waals surface area contributed by atoms with Gasteiger partial charge >= 0.3 is 0 Å². The minimum atomic E-state index is 0.0544. The van der Waals surface area contributed by atoms with Crippen LogP contribution in [0.5, 0.6) is 0 Å². The topological polar surface area (TPSA) is 24.9 Å². The van der Waals surface area contributed by atoms with Gasteiger partial charge in [0.15, 0.2) is 0 Å². The predicted molar refractivity (Wildman–Crippen MR) is 72.2 cm³/mol. The van der Waals surface area contributed by atoms with Crippen molar-refractivity contribution in [1.82, 2.24) is 10.3 Å². The summed E-state index contributed by atoms with van der Waals surface area (Å²) in [4.78, 5) is 6.15. The molecule has 3 heteroatoms. The van der Waals surface area contributed by atoms with Gasteiger partial charge in [0.05, 0.1) is 11.2 Å². The first-order valence-corrected chi connectivity index (χ1v) is 7.10. The molecule has 1 heterocycles. The van der Waals surface area contributed by atoms with Crippen molar-refractivity contribution in [3.8, 4) is 0 Å². The van der Waals surface area contributed by atoms with Crippen LogP contribution in [-0.4, -0.2) is 11.5 Å². The molecule has 1 unspecified atom stereocenters. The number of hydrogen-bond donors (Lipinski definition) is 1. The lowest BCUT2D eigenvalue weighted by atomic mass is 10.00. The SMILES string of the molecule is CCCNC(C)(CC)c1nc(CC)c(C)s1. The summed E-state index contributed by atoms with van der Waals surface area (Å²) in [6, 6.07) is 0. The summed E-state index contributed by atoms with van der Waals surface area (Å²) in [5.41, 5.74) is 1.32. The van der Waals surface area contributed by atoms with Crippen LogP contribution in [0.15, 0.2) is 0 Å². The maximum Gasteiger partial charge on any atom is 0.113 e. The summed E-state index contributed by atoms with van der Waals surface area (Å²) in [5, 5.41) is 4.87. The van der Waals surface area contributed by atoms with E-state index in [2.05, 4.69) is 39.9 Å².